The molecule has 0 radical (unpaired) electrons. The standard InChI is InChI=1S/C22H17ClF3N9O2S/c1-10-6-17(31-18-8-15(19(36)37)34-35-18)32-20(28-10)29-12-3-5-16(27-9-12)33-21(38)30-11-2-4-14(23)13(7-11)22(24,25)26/h2-9H,1H3,(H,36,37)(H2,27,30,33,38)(H3,28,29,31,32,34,35). The monoisotopic (exact) mass is 563 g/mol. The van der Waals surface area contributed by atoms with Gasteiger partial charge in [-0.3, -0.25) is 5.10 Å². The number of aryl methyl sites for hydroxylation is 1. The average molecular weight is 564 g/mol. The molecule has 0 spiro atoms. The Hall–Kier alpha value is -4.50. The summed E-state index contributed by atoms with van der Waals surface area (Å²) >= 11 is 10.8. The third-order valence-electron chi connectivity index (χ3n) is 4.70. The zero-order chi connectivity index (χ0) is 27.4. The van der Waals surface area contributed by atoms with Gasteiger partial charge in [0, 0.05) is 23.5 Å². The van der Waals surface area contributed by atoms with Crippen LogP contribution in [0.15, 0.2) is 48.7 Å². The smallest absolute Gasteiger partial charge is 0.417 e. The fraction of sp³-hybridized carbons (Fsp3) is 0.0909. The van der Waals surface area contributed by atoms with Gasteiger partial charge in [0.1, 0.15) is 17.5 Å². The van der Waals surface area contributed by atoms with Crippen LogP contribution in [0, 0.1) is 6.92 Å². The Morgan fingerprint density at radius 2 is 1.79 bits per heavy atom. The predicted octanol–water partition coefficient (Wildman–Crippen LogP) is 5.57. The molecule has 1 aromatic carbocycles. The molecule has 0 atom stereocenters. The number of nitrogens with one attached hydrogen (secondary N) is 5. The number of hydrogen-bond acceptors (Lipinski definition) is 8. The molecule has 0 aliphatic carbocycles. The number of aromatic amines is 1. The zero-order valence-corrected chi connectivity index (χ0v) is 20.8. The molecular formula is C22H17ClF3N9O2S. The topological polar surface area (TPSA) is 153 Å². The third kappa shape index (κ3) is 6.83. The van der Waals surface area contributed by atoms with Gasteiger partial charge in [0.2, 0.25) is 5.95 Å². The van der Waals surface area contributed by atoms with E-state index in [1.165, 1.54) is 18.3 Å². The van der Waals surface area contributed by atoms with E-state index in [4.69, 9.17) is 28.9 Å². The number of carboxylic acids is 1. The summed E-state index contributed by atoms with van der Waals surface area (Å²) in [5.41, 5.74) is 0.139. The molecule has 0 aliphatic rings. The molecule has 16 heteroatoms. The number of carbonyl (C=O) groups is 1. The number of nitrogens with zero attached hydrogens (tertiary/aromatic N) is 4. The Balaban J connectivity index is 1.38. The molecule has 4 rings (SSSR count). The maximum atomic E-state index is 13.1. The maximum Gasteiger partial charge on any atom is 0.417 e. The van der Waals surface area contributed by atoms with Crippen LogP contribution in [0.3, 0.4) is 0 Å². The van der Waals surface area contributed by atoms with Crippen LogP contribution < -0.4 is 21.3 Å². The van der Waals surface area contributed by atoms with Gasteiger partial charge in [-0.1, -0.05) is 11.6 Å². The van der Waals surface area contributed by atoms with Crippen molar-refractivity contribution in [3.8, 4) is 0 Å². The van der Waals surface area contributed by atoms with Crippen LogP contribution in [0.2, 0.25) is 5.02 Å². The van der Waals surface area contributed by atoms with Crippen molar-refractivity contribution in [1.82, 2.24) is 25.1 Å². The number of benzene rings is 1. The summed E-state index contributed by atoms with van der Waals surface area (Å²) in [5, 5.41) is 26.2. The molecule has 6 N–H and O–H groups in total. The summed E-state index contributed by atoms with van der Waals surface area (Å²) in [7, 11) is 0. The Morgan fingerprint density at radius 1 is 1.03 bits per heavy atom. The molecule has 0 unspecified atom stereocenters. The van der Waals surface area contributed by atoms with Crippen molar-refractivity contribution in [2.45, 2.75) is 13.1 Å². The summed E-state index contributed by atoms with van der Waals surface area (Å²) in [6.07, 6.45) is -3.13. The lowest BCUT2D eigenvalue weighted by Gasteiger charge is -2.14. The summed E-state index contributed by atoms with van der Waals surface area (Å²) in [6, 6.07) is 9.59. The van der Waals surface area contributed by atoms with E-state index < -0.39 is 22.7 Å². The lowest BCUT2D eigenvalue weighted by molar-refractivity contribution is -0.137. The quantitative estimate of drug-likeness (QED) is 0.156. The number of aromatic carboxylic acids is 1. The first-order chi connectivity index (χ1) is 18.0. The molecule has 196 valence electrons. The van der Waals surface area contributed by atoms with Gasteiger partial charge < -0.3 is 26.4 Å². The fourth-order valence-electron chi connectivity index (χ4n) is 3.09. The second-order valence-corrected chi connectivity index (χ2v) is 8.46. The maximum absolute atomic E-state index is 13.1. The minimum Gasteiger partial charge on any atom is -0.476 e. The van der Waals surface area contributed by atoms with Crippen LogP contribution in [0.5, 0.6) is 0 Å². The highest BCUT2D eigenvalue weighted by Crippen LogP contribution is 2.36. The lowest BCUT2D eigenvalue weighted by Crippen LogP contribution is -2.20. The van der Waals surface area contributed by atoms with E-state index in [1.54, 1.807) is 25.1 Å². The molecule has 0 saturated carbocycles. The molecule has 38 heavy (non-hydrogen) atoms. The average Bonchev–Trinajstić information content (AvgIpc) is 3.29. The van der Waals surface area contributed by atoms with E-state index in [-0.39, 0.29) is 22.4 Å². The summed E-state index contributed by atoms with van der Waals surface area (Å²) in [4.78, 5) is 23.8. The van der Waals surface area contributed by atoms with E-state index >= 15 is 0 Å². The van der Waals surface area contributed by atoms with Crippen LogP contribution >= 0.6 is 23.8 Å². The normalized spacial score (nSPS) is 11.1. The Morgan fingerprint density at radius 3 is 2.45 bits per heavy atom. The first-order valence-corrected chi connectivity index (χ1v) is 11.3. The highest BCUT2D eigenvalue weighted by molar-refractivity contribution is 7.80. The number of aromatic nitrogens is 5. The highest BCUT2D eigenvalue weighted by atomic mass is 35.5. The summed E-state index contributed by atoms with van der Waals surface area (Å²) in [6.45, 7) is 1.76. The van der Waals surface area contributed by atoms with E-state index in [9.17, 15) is 18.0 Å². The first kappa shape index (κ1) is 26.6. The van der Waals surface area contributed by atoms with Crippen molar-refractivity contribution in [3.63, 3.8) is 0 Å². The van der Waals surface area contributed by atoms with Crippen molar-refractivity contribution in [2.75, 3.05) is 21.3 Å². The van der Waals surface area contributed by atoms with E-state index in [1.807, 2.05) is 0 Å². The summed E-state index contributed by atoms with van der Waals surface area (Å²) < 4.78 is 39.2. The molecular weight excluding hydrogens is 547 g/mol. The number of carboxylic acid groups (broad SMARTS) is 1. The molecule has 0 aliphatic heterocycles. The minimum atomic E-state index is -4.60. The van der Waals surface area contributed by atoms with Crippen LogP contribution in [-0.4, -0.2) is 41.3 Å². The van der Waals surface area contributed by atoms with Crippen LogP contribution in [0.4, 0.5) is 47.9 Å². The number of pyridine rings is 1. The summed E-state index contributed by atoms with van der Waals surface area (Å²) in [5.74, 6) is 0.131. The molecule has 3 aromatic heterocycles. The zero-order valence-electron chi connectivity index (χ0n) is 19.2. The van der Waals surface area contributed by atoms with Gasteiger partial charge >= 0.3 is 12.1 Å². The number of rotatable bonds is 7. The van der Waals surface area contributed by atoms with Crippen LogP contribution in [-0.2, 0) is 6.18 Å². The van der Waals surface area contributed by atoms with Gasteiger partial charge in [-0.2, -0.15) is 23.3 Å². The molecule has 11 nitrogen and oxygen atoms in total. The predicted molar refractivity (Wildman–Crippen MR) is 139 cm³/mol. The Labute approximate surface area is 222 Å². The number of thiocarbonyl (C=S) groups is 1. The van der Waals surface area contributed by atoms with E-state index in [0.717, 1.165) is 12.1 Å². The Bertz CT molecular complexity index is 1500. The van der Waals surface area contributed by atoms with Gasteiger partial charge in [0.05, 0.1) is 22.5 Å². The van der Waals surface area contributed by atoms with E-state index in [0.29, 0.717) is 28.8 Å². The van der Waals surface area contributed by atoms with Crippen molar-refractivity contribution >= 4 is 69.7 Å². The second kappa shape index (κ2) is 10.9. The van der Waals surface area contributed by atoms with Crippen molar-refractivity contribution in [3.05, 3.63) is 70.6 Å². The molecule has 0 amide bonds. The molecule has 0 fully saturated rings. The molecule has 4 aromatic rings. The minimum absolute atomic E-state index is 0.0243. The van der Waals surface area contributed by atoms with Gasteiger partial charge in [-0.05, 0) is 49.5 Å². The van der Waals surface area contributed by atoms with Gasteiger partial charge in [-0.15, -0.1) is 0 Å². The molecule has 0 saturated heterocycles. The lowest BCUT2D eigenvalue weighted by atomic mass is 10.2. The number of H-pyrrole nitrogens is 1. The van der Waals surface area contributed by atoms with Gasteiger partial charge in [-0.25, -0.2) is 14.8 Å². The first-order valence-electron chi connectivity index (χ1n) is 10.6. The SMILES string of the molecule is Cc1cc(Nc2cc(C(=O)O)n[nH]2)nc(Nc2ccc(NC(=S)Nc3ccc(Cl)c(C(F)(F)F)c3)nc2)n1. The van der Waals surface area contributed by atoms with Gasteiger partial charge in [0.15, 0.2) is 10.8 Å². The van der Waals surface area contributed by atoms with E-state index in [2.05, 4.69) is 46.4 Å². The second-order valence-electron chi connectivity index (χ2n) is 7.64. The number of hydrogen-bond donors (Lipinski definition) is 6. The Kier molecular flexibility index (Phi) is 7.59. The number of alkyl halides is 3. The number of anilines is 6. The van der Waals surface area contributed by atoms with Crippen molar-refractivity contribution in [1.29, 1.82) is 0 Å². The fourth-order valence-corrected chi connectivity index (χ4v) is 3.54. The van der Waals surface area contributed by atoms with Crippen molar-refractivity contribution < 1.29 is 23.1 Å². The number of halogens is 4. The third-order valence-corrected chi connectivity index (χ3v) is 5.24. The van der Waals surface area contributed by atoms with Crippen molar-refractivity contribution in [2.24, 2.45) is 0 Å². The molecule has 3 heterocycles. The highest BCUT2D eigenvalue weighted by Gasteiger charge is 2.33. The largest absolute Gasteiger partial charge is 0.476 e. The van der Waals surface area contributed by atoms with Gasteiger partial charge in [0.25, 0.3) is 0 Å². The van der Waals surface area contributed by atoms with Crippen LogP contribution in [0.1, 0.15) is 21.7 Å². The molecule has 0 bridgehead atoms. The van der Waals surface area contributed by atoms with Crippen LogP contribution in [0.25, 0.3) is 0 Å².